The van der Waals surface area contributed by atoms with E-state index in [0.29, 0.717) is 5.56 Å². The third-order valence-electron chi connectivity index (χ3n) is 2.93. The van der Waals surface area contributed by atoms with Gasteiger partial charge in [0.05, 0.1) is 0 Å². The van der Waals surface area contributed by atoms with Gasteiger partial charge in [0.1, 0.15) is 0 Å². The smallest absolute Gasteiger partial charge is 0.303 e. The lowest BCUT2D eigenvalue weighted by Crippen LogP contribution is -2.11. The number of Topliss-reactive ketones (excluding diaryl/α,β-unsaturated/α-hetero) is 1. The SMILES string of the molecule is CC(=O)OCC(=O)c1ccc(Cc2ccccc2)cc1. The van der Waals surface area contributed by atoms with Crippen molar-refractivity contribution in [1.82, 2.24) is 0 Å². The zero-order valence-electron chi connectivity index (χ0n) is 11.3. The van der Waals surface area contributed by atoms with Crippen LogP contribution in [0.4, 0.5) is 0 Å². The highest BCUT2D eigenvalue weighted by atomic mass is 16.5. The highest BCUT2D eigenvalue weighted by molar-refractivity contribution is 5.97. The number of carbonyl (C=O) groups is 2. The van der Waals surface area contributed by atoms with E-state index in [1.54, 1.807) is 12.1 Å². The third-order valence-corrected chi connectivity index (χ3v) is 2.93. The lowest BCUT2D eigenvalue weighted by molar-refractivity contribution is -0.139. The molecule has 0 aliphatic carbocycles. The minimum absolute atomic E-state index is 0.188. The molecule has 0 atom stereocenters. The average Bonchev–Trinajstić information content (AvgIpc) is 2.46. The van der Waals surface area contributed by atoms with Gasteiger partial charge in [0.2, 0.25) is 0 Å². The van der Waals surface area contributed by atoms with Crippen molar-refractivity contribution in [1.29, 1.82) is 0 Å². The number of ether oxygens (including phenoxy) is 1. The van der Waals surface area contributed by atoms with Gasteiger partial charge in [0, 0.05) is 12.5 Å². The Bertz CT molecular complexity index is 585. The highest BCUT2D eigenvalue weighted by Crippen LogP contribution is 2.11. The molecule has 2 aromatic rings. The summed E-state index contributed by atoms with van der Waals surface area (Å²) >= 11 is 0. The molecule has 0 bridgehead atoms. The molecular weight excluding hydrogens is 252 g/mol. The second-order valence-corrected chi connectivity index (χ2v) is 4.56. The molecule has 0 fully saturated rings. The Hall–Kier alpha value is -2.42. The Morgan fingerprint density at radius 2 is 1.50 bits per heavy atom. The Morgan fingerprint density at radius 1 is 0.900 bits per heavy atom. The summed E-state index contributed by atoms with van der Waals surface area (Å²) in [5, 5.41) is 0. The first kappa shape index (κ1) is 14.0. The molecule has 0 aliphatic rings. The minimum Gasteiger partial charge on any atom is -0.457 e. The summed E-state index contributed by atoms with van der Waals surface area (Å²) in [5.74, 6) is -0.634. The zero-order chi connectivity index (χ0) is 14.4. The molecule has 0 radical (unpaired) electrons. The Balaban J connectivity index is 1.99. The van der Waals surface area contributed by atoms with Crippen molar-refractivity contribution in [3.63, 3.8) is 0 Å². The quantitative estimate of drug-likeness (QED) is 0.618. The molecule has 0 saturated carbocycles. The molecule has 2 rings (SSSR count). The van der Waals surface area contributed by atoms with Crippen molar-refractivity contribution < 1.29 is 14.3 Å². The maximum atomic E-state index is 11.7. The van der Waals surface area contributed by atoms with Gasteiger partial charge in [0.25, 0.3) is 0 Å². The topological polar surface area (TPSA) is 43.4 Å². The molecule has 0 heterocycles. The van der Waals surface area contributed by atoms with Crippen molar-refractivity contribution in [3.05, 3.63) is 71.3 Å². The fourth-order valence-electron chi connectivity index (χ4n) is 1.89. The lowest BCUT2D eigenvalue weighted by atomic mass is 10.0. The van der Waals surface area contributed by atoms with E-state index in [-0.39, 0.29) is 12.4 Å². The summed E-state index contributed by atoms with van der Waals surface area (Å²) in [7, 11) is 0. The molecule has 0 N–H and O–H groups in total. The number of hydrogen-bond acceptors (Lipinski definition) is 3. The van der Waals surface area contributed by atoms with E-state index >= 15 is 0 Å². The van der Waals surface area contributed by atoms with Crippen molar-refractivity contribution in [3.8, 4) is 0 Å². The molecule has 0 aliphatic heterocycles. The summed E-state index contributed by atoms with van der Waals surface area (Å²) in [6.45, 7) is 1.09. The number of rotatable bonds is 5. The van der Waals surface area contributed by atoms with E-state index in [0.717, 1.165) is 12.0 Å². The van der Waals surface area contributed by atoms with E-state index < -0.39 is 5.97 Å². The van der Waals surface area contributed by atoms with Crippen LogP contribution in [0.2, 0.25) is 0 Å². The highest BCUT2D eigenvalue weighted by Gasteiger charge is 2.07. The number of hydrogen-bond donors (Lipinski definition) is 0. The van der Waals surface area contributed by atoms with Gasteiger partial charge in [-0.2, -0.15) is 0 Å². The predicted molar refractivity (Wildman–Crippen MR) is 76.7 cm³/mol. The molecule has 3 heteroatoms. The van der Waals surface area contributed by atoms with Gasteiger partial charge in [-0.05, 0) is 17.5 Å². The summed E-state index contributed by atoms with van der Waals surface area (Å²) in [6, 6.07) is 17.5. The summed E-state index contributed by atoms with van der Waals surface area (Å²) < 4.78 is 4.70. The second-order valence-electron chi connectivity index (χ2n) is 4.56. The van der Waals surface area contributed by atoms with Gasteiger partial charge < -0.3 is 4.74 Å². The largest absolute Gasteiger partial charge is 0.457 e. The first-order valence-corrected chi connectivity index (χ1v) is 6.44. The van der Waals surface area contributed by atoms with Crippen LogP contribution in [-0.2, 0) is 16.0 Å². The van der Waals surface area contributed by atoms with E-state index in [1.807, 2.05) is 30.3 Å². The number of esters is 1. The monoisotopic (exact) mass is 268 g/mol. The zero-order valence-corrected chi connectivity index (χ0v) is 11.3. The third kappa shape index (κ3) is 4.05. The molecular formula is C17H16O3. The van der Waals surface area contributed by atoms with E-state index in [9.17, 15) is 9.59 Å². The molecule has 0 aromatic heterocycles. The van der Waals surface area contributed by atoms with Gasteiger partial charge in [-0.1, -0.05) is 54.6 Å². The van der Waals surface area contributed by atoms with E-state index in [1.165, 1.54) is 12.5 Å². The Labute approximate surface area is 118 Å². The van der Waals surface area contributed by atoms with E-state index in [4.69, 9.17) is 4.74 Å². The van der Waals surface area contributed by atoms with Crippen LogP contribution in [0, 0.1) is 0 Å². The van der Waals surface area contributed by atoms with Crippen molar-refractivity contribution in [2.45, 2.75) is 13.3 Å². The number of ketones is 1. The predicted octanol–water partition coefficient (Wildman–Crippen LogP) is 3.02. The molecule has 0 unspecified atom stereocenters. The average molecular weight is 268 g/mol. The molecule has 0 amide bonds. The molecule has 3 nitrogen and oxygen atoms in total. The van der Waals surface area contributed by atoms with Crippen molar-refractivity contribution in [2.24, 2.45) is 0 Å². The molecule has 0 spiro atoms. The van der Waals surface area contributed by atoms with Crippen LogP contribution in [0.25, 0.3) is 0 Å². The molecule has 0 saturated heterocycles. The van der Waals surface area contributed by atoms with Gasteiger partial charge in [-0.25, -0.2) is 0 Å². The van der Waals surface area contributed by atoms with Crippen LogP contribution in [0.1, 0.15) is 28.4 Å². The molecule has 20 heavy (non-hydrogen) atoms. The first-order valence-electron chi connectivity index (χ1n) is 6.44. The van der Waals surface area contributed by atoms with Gasteiger partial charge >= 0.3 is 5.97 Å². The van der Waals surface area contributed by atoms with Crippen molar-refractivity contribution in [2.75, 3.05) is 6.61 Å². The standard InChI is InChI=1S/C17H16O3/c1-13(18)20-12-17(19)16-9-7-15(8-10-16)11-14-5-3-2-4-6-14/h2-10H,11-12H2,1H3. The molecule has 102 valence electrons. The van der Waals surface area contributed by atoms with E-state index in [2.05, 4.69) is 12.1 Å². The number of benzene rings is 2. The van der Waals surface area contributed by atoms with Crippen LogP contribution in [0.3, 0.4) is 0 Å². The fourth-order valence-corrected chi connectivity index (χ4v) is 1.89. The van der Waals surface area contributed by atoms with Crippen LogP contribution in [-0.4, -0.2) is 18.4 Å². The van der Waals surface area contributed by atoms with Crippen LogP contribution < -0.4 is 0 Å². The first-order chi connectivity index (χ1) is 9.65. The lowest BCUT2D eigenvalue weighted by Gasteiger charge is -2.04. The van der Waals surface area contributed by atoms with Crippen LogP contribution in [0.15, 0.2) is 54.6 Å². The normalized spacial score (nSPS) is 10.1. The number of carbonyl (C=O) groups excluding carboxylic acids is 2. The molecule has 2 aromatic carbocycles. The Morgan fingerprint density at radius 3 is 2.10 bits per heavy atom. The van der Waals surface area contributed by atoms with Gasteiger partial charge in [-0.3, -0.25) is 9.59 Å². The van der Waals surface area contributed by atoms with Gasteiger partial charge in [0.15, 0.2) is 12.4 Å². The van der Waals surface area contributed by atoms with Crippen LogP contribution >= 0.6 is 0 Å². The van der Waals surface area contributed by atoms with Crippen LogP contribution in [0.5, 0.6) is 0 Å². The minimum atomic E-state index is -0.445. The van der Waals surface area contributed by atoms with Gasteiger partial charge in [-0.15, -0.1) is 0 Å². The summed E-state index contributed by atoms with van der Waals surface area (Å²) in [5.41, 5.74) is 2.93. The second kappa shape index (κ2) is 6.66. The Kier molecular flexibility index (Phi) is 4.66. The maximum Gasteiger partial charge on any atom is 0.303 e. The van der Waals surface area contributed by atoms with Crippen molar-refractivity contribution >= 4 is 11.8 Å². The summed E-state index contributed by atoms with van der Waals surface area (Å²) in [4.78, 5) is 22.4. The fraction of sp³-hybridized carbons (Fsp3) is 0.176. The summed E-state index contributed by atoms with van der Waals surface area (Å²) in [6.07, 6.45) is 0.833. The maximum absolute atomic E-state index is 11.7.